The smallest absolute Gasteiger partial charge is 0.303 e. The molecule has 146 valence electrons. The van der Waals surface area contributed by atoms with E-state index in [0.29, 0.717) is 25.1 Å². The number of benzene rings is 1. The lowest BCUT2D eigenvalue weighted by molar-refractivity contribution is -0.137. The van der Waals surface area contributed by atoms with Crippen LogP contribution in [0.2, 0.25) is 0 Å². The Bertz CT molecular complexity index is 881. The van der Waals surface area contributed by atoms with Gasteiger partial charge in [-0.15, -0.1) is 0 Å². The van der Waals surface area contributed by atoms with Gasteiger partial charge in [0.2, 0.25) is 5.91 Å². The van der Waals surface area contributed by atoms with Crippen molar-refractivity contribution in [3.05, 3.63) is 29.8 Å². The van der Waals surface area contributed by atoms with Gasteiger partial charge in [-0.1, -0.05) is 12.1 Å². The summed E-state index contributed by atoms with van der Waals surface area (Å²) in [5, 5.41) is 8.83. The second-order valence-corrected chi connectivity index (χ2v) is 8.63. The number of likely N-dealkylation sites (tertiary alicyclic amines) is 1. The molecule has 27 heavy (non-hydrogen) atoms. The van der Waals surface area contributed by atoms with Crippen LogP contribution in [0, 0.1) is 5.92 Å². The van der Waals surface area contributed by atoms with Crippen molar-refractivity contribution in [2.24, 2.45) is 10.9 Å². The Kier molecular flexibility index (Phi) is 5.50. The number of amides is 1. The highest BCUT2D eigenvalue weighted by atomic mass is 32.2. The molecule has 1 aromatic carbocycles. The third-order valence-corrected chi connectivity index (χ3v) is 6.34. The average molecular weight is 393 g/mol. The fourth-order valence-corrected chi connectivity index (χ4v) is 4.81. The van der Waals surface area contributed by atoms with E-state index in [4.69, 9.17) is 5.11 Å². The molecule has 2 aliphatic rings. The Morgan fingerprint density at radius 2 is 2.11 bits per heavy atom. The average Bonchev–Trinajstić information content (AvgIpc) is 2.90. The Balaban J connectivity index is 1.71. The van der Waals surface area contributed by atoms with Crippen molar-refractivity contribution >= 4 is 27.7 Å². The summed E-state index contributed by atoms with van der Waals surface area (Å²) < 4.78 is 26.7. The Labute approximate surface area is 158 Å². The van der Waals surface area contributed by atoms with Crippen molar-refractivity contribution in [3.8, 4) is 0 Å². The summed E-state index contributed by atoms with van der Waals surface area (Å²) in [5.41, 5.74) is 0.468. The first-order valence-electron chi connectivity index (χ1n) is 8.98. The van der Waals surface area contributed by atoms with E-state index in [0.717, 1.165) is 12.8 Å². The number of aliphatic carboxylic acids is 1. The van der Waals surface area contributed by atoms with Crippen molar-refractivity contribution in [2.45, 2.75) is 43.5 Å². The Morgan fingerprint density at radius 1 is 1.37 bits per heavy atom. The maximum atomic E-state index is 12.8. The summed E-state index contributed by atoms with van der Waals surface area (Å²) in [6.45, 7) is 2.77. The van der Waals surface area contributed by atoms with Gasteiger partial charge in [-0.05, 0) is 44.2 Å². The molecular formula is C18H23N3O5S. The Hall–Kier alpha value is -2.42. The number of carbonyl (C=O) groups excluding carboxylic acids is 1. The third kappa shape index (κ3) is 4.29. The van der Waals surface area contributed by atoms with E-state index in [1.54, 1.807) is 30.0 Å². The summed E-state index contributed by atoms with van der Waals surface area (Å²) >= 11 is 0. The summed E-state index contributed by atoms with van der Waals surface area (Å²) in [6, 6.07) is 5.80. The minimum absolute atomic E-state index is 0.100. The lowest BCUT2D eigenvalue weighted by atomic mass is 9.93. The van der Waals surface area contributed by atoms with Crippen LogP contribution in [0.1, 0.15) is 38.2 Å². The van der Waals surface area contributed by atoms with Crippen molar-refractivity contribution in [3.63, 3.8) is 0 Å². The van der Waals surface area contributed by atoms with Crippen molar-refractivity contribution < 1.29 is 23.1 Å². The summed E-state index contributed by atoms with van der Waals surface area (Å²) in [4.78, 5) is 29.7. The molecule has 1 saturated heterocycles. The molecule has 2 heterocycles. The van der Waals surface area contributed by atoms with Crippen molar-refractivity contribution in [2.75, 3.05) is 13.1 Å². The zero-order valence-corrected chi connectivity index (χ0v) is 15.9. The van der Waals surface area contributed by atoms with E-state index in [9.17, 15) is 18.0 Å². The molecule has 0 aliphatic carbocycles. The van der Waals surface area contributed by atoms with Crippen LogP contribution in [-0.2, 0) is 19.6 Å². The monoisotopic (exact) mass is 393 g/mol. The summed E-state index contributed by atoms with van der Waals surface area (Å²) in [6.07, 6.45) is 2.39. The van der Waals surface area contributed by atoms with E-state index >= 15 is 0 Å². The van der Waals surface area contributed by atoms with Gasteiger partial charge < -0.3 is 10.0 Å². The quantitative estimate of drug-likeness (QED) is 0.780. The number of nitrogens with zero attached hydrogens (tertiary/aromatic N) is 2. The Morgan fingerprint density at radius 3 is 2.85 bits per heavy atom. The van der Waals surface area contributed by atoms with Crippen LogP contribution in [0.25, 0.3) is 0 Å². The molecule has 1 fully saturated rings. The van der Waals surface area contributed by atoms with Gasteiger partial charge in [0.15, 0.2) is 0 Å². The SMILES string of the molecule is CC(N=C1NS(=O)(=O)c2ccccc21)C(=O)N1CCCC(CCC(=O)O)C1. The second kappa shape index (κ2) is 7.67. The van der Waals surface area contributed by atoms with Gasteiger partial charge in [0.25, 0.3) is 10.0 Å². The molecule has 8 nitrogen and oxygen atoms in total. The molecule has 0 spiro atoms. The molecule has 2 unspecified atom stereocenters. The molecule has 0 radical (unpaired) electrons. The van der Waals surface area contributed by atoms with E-state index in [2.05, 4.69) is 9.71 Å². The molecule has 1 aromatic rings. The van der Waals surface area contributed by atoms with Crippen molar-refractivity contribution in [1.29, 1.82) is 0 Å². The number of hydrogen-bond acceptors (Lipinski definition) is 5. The maximum absolute atomic E-state index is 12.8. The molecule has 3 rings (SSSR count). The van der Waals surface area contributed by atoms with Crippen molar-refractivity contribution in [1.82, 2.24) is 9.62 Å². The van der Waals surface area contributed by atoms with Crippen LogP contribution in [0.15, 0.2) is 34.2 Å². The highest BCUT2D eigenvalue weighted by Crippen LogP contribution is 2.24. The molecule has 9 heteroatoms. The first-order chi connectivity index (χ1) is 12.8. The highest BCUT2D eigenvalue weighted by molar-refractivity contribution is 7.90. The predicted molar refractivity (Wildman–Crippen MR) is 98.9 cm³/mol. The second-order valence-electron chi connectivity index (χ2n) is 6.98. The first-order valence-corrected chi connectivity index (χ1v) is 10.5. The van der Waals surface area contributed by atoms with E-state index in [1.807, 2.05) is 0 Å². The number of nitrogens with one attached hydrogen (secondary N) is 1. The minimum Gasteiger partial charge on any atom is -0.481 e. The fraction of sp³-hybridized carbons (Fsp3) is 0.500. The number of aliphatic imine (C=N–C) groups is 1. The molecule has 2 aliphatic heterocycles. The van der Waals surface area contributed by atoms with Gasteiger partial charge >= 0.3 is 5.97 Å². The number of piperidine rings is 1. The largest absolute Gasteiger partial charge is 0.481 e. The molecule has 2 N–H and O–H groups in total. The zero-order valence-electron chi connectivity index (χ0n) is 15.1. The van der Waals surface area contributed by atoms with Crippen LogP contribution in [-0.4, -0.2) is 55.3 Å². The molecular weight excluding hydrogens is 370 g/mol. The van der Waals surface area contributed by atoms with Gasteiger partial charge in [-0.25, -0.2) is 8.42 Å². The molecule has 0 bridgehead atoms. The highest BCUT2D eigenvalue weighted by Gasteiger charge is 2.32. The number of rotatable bonds is 5. The lowest BCUT2D eigenvalue weighted by Gasteiger charge is -2.33. The topological polar surface area (TPSA) is 116 Å². The van der Waals surface area contributed by atoms with Gasteiger partial charge in [0.1, 0.15) is 11.9 Å². The van der Waals surface area contributed by atoms with Gasteiger partial charge in [-0.3, -0.25) is 19.3 Å². The van der Waals surface area contributed by atoms with Crippen LogP contribution < -0.4 is 4.72 Å². The van der Waals surface area contributed by atoms with E-state index < -0.39 is 22.0 Å². The van der Waals surface area contributed by atoms with Crippen LogP contribution in [0.3, 0.4) is 0 Å². The van der Waals surface area contributed by atoms with Gasteiger partial charge in [0.05, 0.1) is 4.90 Å². The molecule has 2 atom stereocenters. The molecule has 0 saturated carbocycles. The maximum Gasteiger partial charge on any atom is 0.303 e. The fourth-order valence-electron chi connectivity index (χ4n) is 3.57. The summed E-state index contributed by atoms with van der Waals surface area (Å²) in [5.74, 6) is -0.647. The standard InChI is InChI=1S/C18H23N3O5S/c1-12(18(24)21-10-4-5-13(11-21)8-9-16(22)23)19-17-14-6-2-3-7-15(14)27(25,26)20-17/h2-3,6-7,12-13H,4-5,8-11H2,1H3,(H,19,20)(H,22,23). The van der Waals surface area contributed by atoms with Crippen LogP contribution in [0.5, 0.6) is 0 Å². The number of carboxylic acid groups (broad SMARTS) is 1. The van der Waals surface area contributed by atoms with Gasteiger partial charge in [0, 0.05) is 25.1 Å². The normalized spacial score (nSPS) is 23.5. The minimum atomic E-state index is -3.64. The van der Waals surface area contributed by atoms with Crippen LogP contribution >= 0.6 is 0 Å². The zero-order chi connectivity index (χ0) is 19.6. The predicted octanol–water partition coefficient (Wildman–Crippen LogP) is 1.22. The van der Waals surface area contributed by atoms with E-state index in [1.165, 1.54) is 6.07 Å². The van der Waals surface area contributed by atoms with Gasteiger partial charge in [-0.2, -0.15) is 0 Å². The number of fused-ring (bicyclic) bond motifs is 1. The summed E-state index contributed by atoms with van der Waals surface area (Å²) in [7, 11) is -3.64. The van der Waals surface area contributed by atoms with Crippen LogP contribution in [0.4, 0.5) is 0 Å². The number of sulfonamides is 1. The number of carboxylic acids is 1. The number of amidine groups is 1. The third-order valence-electron chi connectivity index (χ3n) is 4.94. The molecule has 0 aromatic heterocycles. The number of hydrogen-bond donors (Lipinski definition) is 2. The first kappa shape index (κ1) is 19.3. The molecule has 1 amide bonds. The van der Waals surface area contributed by atoms with E-state index in [-0.39, 0.29) is 29.0 Å². The lowest BCUT2D eigenvalue weighted by Crippen LogP contribution is -2.44. The number of carbonyl (C=O) groups is 2.